The van der Waals surface area contributed by atoms with E-state index in [1.807, 2.05) is 6.07 Å². The lowest BCUT2D eigenvalue weighted by atomic mass is 9.92. The zero-order chi connectivity index (χ0) is 22.2. The summed E-state index contributed by atoms with van der Waals surface area (Å²) >= 11 is 1.54. The number of fused-ring (bicyclic) bond motifs is 2. The van der Waals surface area contributed by atoms with E-state index in [2.05, 4.69) is 53.4 Å². The van der Waals surface area contributed by atoms with Gasteiger partial charge in [-0.15, -0.1) is 21.5 Å². The van der Waals surface area contributed by atoms with Crippen molar-refractivity contribution in [2.75, 3.05) is 49.2 Å². The van der Waals surface area contributed by atoms with E-state index in [0.717, 1.165) is 83.3 Å². The molecule has 4 aromatic rings. The van der Waals surface area contributed by atoms with Crippen molar-refractivity contribution in [3.63, 3.8) is 0 Å². The van der Waals surface area contributed by atoms with Gasteiger partial charge < -0.3 is 19.6 Å². The van der Waals surface area contributed by atoms with Crippen LogP contribution >= 0.6 is 11.3 Å². The van der Waals surface area contributed by atoms with Gasteiger partial charge in [-0.2, -0.15) is 0 Å². The van der Waals surface area contributed by atoms with Crippen molar-refractivity contribution in [2.24, 2.45) is 5.92 Å². The summed E-state index contributed by atoms with van der Waals surface area (Å²) in [7, 11) is 0. The summed E-state index contributed by atoms with van der Waals surface area (Å²) in [5.74, 6) is 0.906. The highest BCUT2D eigenvalue weighted by Crippen LogP contribution is 2.36. The predicted molar refractivity (Wildman–Crippen MR) is 128 cm³/mol. The molecule has 33 heavy (non-hydrogen) atoms. The minimum absolute atomic E-state index is 0.0740. The zero-order valence-corrected chi connectivity index (χ0v) is 19.0. The molecule has 0 bridgehead atoms. The van der Waals surface area contributed by atoms with Gasteiger partial charge in [-0.25, -0.2) is 4.98 Å². The van der Waals surface area contributed by atoms with E-state index in [4.69, 9.17) is 4.74 Å². The van der Waals surface area contributed by atoms with Crippen molar-refractivity contribution < 1.29 is 9.84 Å². The molecule has 2 aliphatic heterocycles. The molecule has 2 fully saturated rings. The molecule has 2 saturated heterocycles. The minimum atomic E-state index is -0.612. The molecule has 0 amide bonds. The average molecular weight is 464 g/mol. The minimum Gasteiger partial charge on any atom is -0.386 e. The van der Waals surface area contributed by atoms with Gasteiger partial charge in [0.1, 0.15) is 16.6 Å². The van der Waals surface area contributed by atoms with Gasteiger partial charge in [0.25, 0.3) is 0 Å². The third-order valence-electron chi connectivity index (χ3n) is 6.55. The lowest BCUT2D eigenvalue weighted by Gasteiger charge is -2.35. The van der Waals surface area contributed by atoms with Gasteiger partial charge in [0, 0.05) is 49.4 Å². The highest BCUT2D eigenvalue weighted by atomic mass is 32.1. The Labute approximate surface area is 195 Å². The molecular formula is C23H25N7O2S. The number of ether oxygens (including phenoxy) is 1. The van der Waals surface area contributed by atoms with Crippen molar-refractivity contribution in [2.45, 2.75) is 18.9 Å². The molecule has 0 unspecified atom stereocenters. The van der Waals surface area contributed by atoms with Crippen LogP contribution in [0.25, 0.3) is 21.1 Å². The number of pyridine rings is 1. The van der Waals surface area contributed by atoms with Gasteiger partial charge in [-0.1, -0.05) is 0 Å². The number of hydrogen-bond donors (Lipinski definition) is 1. The number of anilines is 2. The summed E-state index contributed by atoms with van der Waals surface area (Å²) in [5.41, 5.74) is 2.81. The van der Waals surface area contributed by atoms with Crippen molar-refractivity contribution in [1.82, 2.24) is 25.4 Å². The fourth-order valence-electron chi connectivity index (χ4n) is 4.80. The monoisotopic (exact) mass is 463 g/mol. The van der Waals surface area contributed by atoms with Crippen molar-refractivity contribution in [3.8, 4) is 0 Å². The van der Waals surface area contributed by atoms with Gasteiger partial charge in [0.2, 0.25) is 0 Å². The number of benzene rings is 1. The van der Waals surface area contributed by atoms with Crippen LogP contribution in [0, 0.1) is 5.92 Å². The normalized spacial score (nSPS) is 20.5. The van der Waals surface area contributed by atoms with Gasteiger partial charge in [0.15, 0.2) is 5.82 Å². The standard InChI is InChI=1S/C23H25N7O2S/c31-21(23-25-19-13-24-6-5-20(19)33-23)15-2-1-7-30(14-15)22-17-4-3-16(12-18(17)26-28-27-22)29-8-10-32-11-9-29/h3-6,12-13,15,21,31H,1-2,7-11,14H2/t15-,21-/m0/s1. The summed E-state index contributed by atoms with van der Waals surface area (Å²) in [6, 6.07) is 8.26. The van der Waals surface area contributed by atoms with Crippen LogP contribution in [0.4, 0.5) is 11.5 Å². The van der Waals surface area contributed by atoms with Crippen LogP contribution in [0.15, 0.2) is 36.7 Å². The summed E-state index contributed by atoms with van der Waals surface area (Å²) in [4.78, 5) is 13.3. The largest absolute Gasteiger partial charge is 0.386 e. The molecule has 1 aromatic carbocycles. The number of nitrogens with zero attached hydrogens (tertiary/aromatic N) is 7. The summed E-state index contributed by atoms with van der Waals surface area (Å²) in [6.45, 7) is 4.83. The fourth-order valence-corrected chi connectivity index (χ4v) is 5.81. The molecule has 6 rings (SSSR count). The van der Waals surface area contributed by atoms with Crippen LogP contribution in [0.3, 0.4) is 0 Å². The Hall–Kier alpha value is -2.95. The molecule has 0 radical (unpaired) electrons. The van der Waals surface area contributed by atoms with Crippen LogP contribution in [0.2, 0.25) is 0 Å². The maximum Gasteiger partial charge on any atom is 0.162 e. The Morgan fingerprint density at radius 3 is 2.85 bits per heavy atom. The van der Waals surface area contributed by atoms with Gasteiger partial charge in [-0.05, 0) is 42.3 Å². The van der Waals surface area contributed by atoms with Crippen LogP contribution in [-0.2, 0) is 4.74 Å². The van der Waals surface area contributed by atoms with Crippen molar-refractivity contribution in [1.29, 1.82) is 0 Å². The van der Waals surface area contributed by atoms with Crippen molar-refractivity contribution >= 4 is 44.0 Å². The number of thiazole rings is 1. The van der Waals surface area contributed by atoms with E-state index in [9.17, 15) is 5.11 Å². The second kappa shape index (κ2) is 8.77. The Balaban J connectivity index is 1.25. The zero-order valence-electron chi connectivity index (χ0n) is 18.2. The molecule has 3 aromatic heterocycles. The van der Waals surface area contributed by atoms with E-state index in [1.54, 1.807) is 23.7 Å². The van der Waals surface area contributed by atoms with Crippen LogP contribution in [0.5, 0.6) is 0 Å². The van der Waals surface area contributed by atoms with E-state index in [0.29, 0.717) is 6.54 Å². The lowest BCUT2D eigenvalue weighted by molar-refractivity contribution is 0.0979. The average Bonchev–Trinajstić information content (AvgIpc) is 3.32. The van der Waals surface area contributed by atoms with Crippen LogP contribution in [0.1, 0.15) is 24.0 Å². The first-order valence-corrected chi connectivity index (χ1v) is 12.2. The summed E-state index contributed by atoms with van der Waals surface area (Å²) < 4.78 is 6.52. The van der Waals surface area contributed by atoms with Gasteiger partial charge in [0.05, 0.1) is 29.6 Å². The molecule has 0 saturated carbocycles. The van der Waals surface area contributed by atoms with Gasteiger partial charge in [-0.3, -0.25) is 4.98 Å². The number of rotatable bonds is 4. The number of morpholine rings is 1. The fraction of sp³-hybridized carbons (Fsp3) is 0.435. The molecule has 0 aliphatic carbocycles. The lowest BCUT2D eigenvalue weighted by Crippen LogP contribution is -2.38. The third kappa shape index (κ3) is 3.98. The highest BCUT2D eigenvalue weighted by Gasteiger charge is 2.30. The predicted octanol–water partition coefficient (Wildman–Crippen LogP) is 2.82. The molecule has 1 N–H and O–H groups in total. The number of hydrogen-bond acceptors (Lipinski definition) is 10. The maximum atomic E-state index is 11.1. The molecule has 9 nitrogen and oxygen atoms in total. The van der Waals surface area contributed by atoms with E-state index in [-0.39, 0.29) is 5.92 Å². The first-order chi connectivity index (χ1) is 16.3. The smallest absolute Gasteiger partial charge is 0.162 e. The molecule has 5 heterocycles. The van der Waals surface area contributed by atoms with Crippen LogP contribution in [-0.4, -0.2) is 69.9 Å². The molecule has 2 aliphatic rings. The van der Waals surface area contributed by atoms with E-state index < -0.39 is 6.10 Å². The number of aliphatic hydroxyl groups is 1. The summed E-state index contributed by atoms with van der Waals surface area (Å²) in [6.07, 6.45) is 4.82. The Morgan fingerprint density at radius 1 is 1.06 bits per heavy atom. The Bertz CT molecular complexity index is 1240. The summed E-state index contributed by atoms with van der Waals surface area (Å²) in [5, 5.41) is 25.7. The number of aliphatic hydroxyl groups excluding tert-OH is 1. The Kier molecular flexibility index (Phi) is 5.49. The van der Waals surface area contributed by atoms with E-state index >= 15 is 0 Å². The number of aromatic nitrogens is 5. The van der Waals surface area contributed by atoms with Gasteiger partial charge >= 0.3 is 0 Å². The first-order valence-electron chi connectivity index (χ1n) is 11.4. The quantitative estimate of drug-likeness (QED) is 0.490. The number of piperidine rings is 1. The second-order valence-corrected chi connectivity index (χ2v) is 9.66. The first kappa shape index (κ1) is 20.6. The molecule has 0 spiro atoms. The second-order valence-electron chi connectivity index (χ2n) is 8.60. The van der Waals surface area contributed by atoms with Crippen molar-refractivity contribution in [3.05, 3.63) is 41.7 Å². The topological polar surface area (TPSA) is 100 Å². The maximum absolute atomic E-state index is 11.1. The van der Waals surface area contributed by atoms with E-state index in [1.165, 1.54) is 0 Å². The van der Waals surface area contributed by atoms with Crippen LogP contribution < -0.4 is 9.80 Å². The molecular weight excluding hydrogens is 438 g/mol. The molecule has 2 atom stereocenters. The molecule has 10 heteroatoms. The SMILES string of the molecule is O[C@H](c1nc2cnccc2s1)[C@H]1CCCN(c2nnnc3cc(N4CCOCC4)ccc23)C1. The molecule has 170 valence electrons. The highest BCUT2D eigenvalue weighted by molar-refractivity contribution is 7.18. The Morgan fingerprint density at radius 2 is 1.97 bits per heavy atom. The third-order valence-corrected chi connectivity index (χ3v) is 7.66.